The van der Waals surface area contributed by atoms with Crippen LogP contribution in [0.25, 0.3) is 0 Å². The first kappa shape index (κ1) is 16.2. The molecule has 0 saturated carbocycles. The van der Waals surface area contributed by atoms with Gasteiger partial charge in [0.2, 0.25) is 0 Å². The van der Waals surface area contributed by atoms with Crippen molar-refractivity contribution in [3.05, 3.63) is 23.3 Å². The summed E-state index contributed by atoms with van der Waals surface area (Å²) in [7, 11) is 0. The summed E-state index contributed by atoms with van der Waals surface area (Å²) >= 11 is 0. The molecule has 0 radical (unpaired) electrons. The lowest BCUT2D eigenvalue weighted by molar-refractivity contribution is 0.459. The van der Waals surface area contributed by atoms with Crippen molar-refractivity contribution in [2.24, 2.45) is 9.98 Å². The van der Waals surface area contributed by atoms with Crippen molar-refractivity contribution in [3.8, 4) is 11.5 Å². The summed E-state index contributed by atoms with van der Waals surface area (Å²) in [5.74, 6) is 0.222. The molecule has 1 aromatic rings. The van der Waals surface area contributed by atoms with Gasteiger partial charge >= 0.3 is 0 Å². The first-order chi connectivity index (χ1) is 9.69. The van der Waals surface area contributed by atoms with Gasteiger partial charge < -0.3 is 10.2 Å². The van der Waals surface area contributed by atoms with Gasteiger partial charge in [-0.2, -0.15) is 0 Å². The van der Waals surface area contributed by atoms with E-state index in [1.54, 1.807) is 12.4 Å². The van der Waals surface area contributed by atoms with Crippen molar-refractivity contribution in [3.63, 3.8) is 0 Å². The Morgan fingerprint density at radius 1 is 0.850 bits per heavy atom. The lowest BCUT2D eigenvalue weighted by Crippen LogP contribution is -1.90. The maximum absolute atomic E-state index is 9.91. The monoisotopic (exact) mass is 276 g/mol. The van der Waals surface area contributed by atoms with Gasteiger partial charge in [-0.05, 0) is 25.0 Å². The van der Waals surface area contributed by atoms with Crippen LogP contribution in [0.3, 0.4) is 0 Å². The molecule has 1 aromatic carbocycles. The molecule has 0 atom stereocenters. The van der Waals surface area contributed by atoms with E-state index in [-0.39, 0.29) is 11.5 Å². The molecule has 0 amide bonds. The summed E-state index contributed by atoms with van der Waals surface area (Å²) < 4.78 is 0. The molecule has 1 rings (SSSR count). The molecule has 0 heterocycles. The van der Waals surface area contributed by atoms with E-state index in [0.29, 0.717) is 11.1 Å². The zero-order valence-electron chi connectivity index (χ0n) is 12.3. The Balaban J connectivity index is 2.75. The molecule has 110 valence electrons. The van der Waals surface area contributed by atoms with Crippen molar-refractivity contribution in [2.45, 2.75) is 39.5 Å². The third kappa shape index (κ3) is 5.43. The molecule has 0 saturated heterocycles. The SMILES string of the molecule is CCCC/N=C/c1cc(O)c(/C=N/CCCC)cc1O. The fourth-order valence-corrected chi connectivity index (χ4v) is 1.64. The number of phenolic OH excluding ortho intramolecular Hbond substituents is 2. The minimum Gasteiger partial charge on any atom is -0.507 e. The third-order valence-electron chi connectivity index (χ3n) is 2.92. The Morgan fingerprint density at radius 3 is 1.60 bits per heavy atom. The first-order valence-electron chi connectivity index (χ1n) is 7.24. The van der Waals surface area contributed by atoms with E-state index < -0.39 is 0 Å². The van der Waals surface area contributed by atoms with E-state index >= 15 is 0 Å². The second-order valence-corrected chi connectivity index (χ2v) is 4.75. The molecular weight excluding hydrogens is 252 g/mol. The van der Waals surface area contributed by atoms with Crippen LogP contribution in [0.1, 0.15) is 50.7 Å². The Labute approximate surface area is 120 Å². The Hall–Kier alpha value is -1.84. The van der Waals surface area contributed by atoms with E-state index in [1.807, 2.05) is 0 Å². The Kier molecular flexibility index (Phi) is 7.40. The largest absolute Gasteiger partial charge is 0.507 e. The highest BCUT2D eigenvalue weighted by Gasteiger charge is 2.05. The quantitative estimate of drug-likeness (QED) is 0.433. The van der Waals surface area contributed by atoms with Gasteiger partial charge in [0.25, 0.3) is 0 Å². The number of rotatable bonds is 8. The normalized spacial score (nSPS) is 11.7. The first-order valence-corrected chi connectivity index (χ1v) is 7.24. The number of benzene rings is 1. The second kappa shape index (κ2) is 9.13. The molecule has 0 fully saturated rings. The maximum atomic E-state index is 9.91. The van der Waals surface area contributed by atoms with Crippen LogP contribution < -0.4 is 0 Å². The molecule has 0 aromatic heterocycles. The Morgan fingerprint density at radius 2 is 1.25 bits per heavy atom. The molecule has 0 spiro atoms. The molecule has 0 aliphatic rings. The molecule has 4 nitrogen and oxygen atoms in total. The van der Waals surface area contributed by atoms with Crippen molar-refractivity contribution in [2.75, 3.05) is 13.1 Å². The van der Waals surface area contributed by atoms with Gasteiger partial charge in [0, 0.05) is 36.6 Å². The minimum atomic E-state index is 0.111. The van der Waals surface area contributed by atoms with Crippen LogP contribution >= 0.6 is 0 Å². The van der Waals surface area contributed by atoms with Gasteiger partial charge in [-0.15, -0.1) is 0 Å². The molecular formula is C16H24N2O2. The number of aromatic hydroxyl groups is 2. The fourth-order valence-electron chi connectivity index (χ4n) is 1.64. The van der Waals surface area contributed by atoms with Gasteiger partial charge in [0.05, 0.1) is 0 Å². The van der Waals surface area contributed by atoms with Crippen LogP contribution in [0.5, 0.6) is 11.5 Å². The smallest absolute Gasteiger partial charge is 0.125 e. The molecule has 0 aliphatic heterocycles. The van der Waals surface area contributed by atoms with Gasteiger partial charge in [-0.1, -0.05) is 26.7 Å². The average Bonchev–Trinajstić information content (AvgIpc) is 2.44. The summed E-state index contributed by atoms with van der Waals surface area (Å²) in [4.78, 5) is 8.44. The molecule has 20 heavy (non-hydrogen) atoms. The van der Waals surface area contributed by atoms with Gasteiger partial charge in [-0.3, -0.25) is 9.98 Å². The van der Waals surface area contributed by atoms with Crippen molar-refractivity contribution in [1.29, 1.82) is 0 Å². The lowest BCUT2D eigenvalue weighted by Gasteiger charge is -2.04. The number of aliphatic imine (C=N–C) groups is 2. The topological polar surface area (TPSA) is 65.2 Å². The zero-order valence-corrected chi connectivity index (χ0v) is 12.3. The van der Waals surface area contributed by atoms with Gasteiger partial charge in [-0.25, -0.2) is 0 Å². The standard InChI is InChI=1S/C16H24N2O2/c1-3-5-7-17-11-13-9-16(20)14(10-15(13)19)12-18-8-6-4-2/h9-12,19-20H,3-8H2,1-2H3/b17-11+,18-12+. The van der Waals surface area contributed by atoms with Crippen molar-refractivity contribution >= 4 is 12.4 Å². The van der Waals surface area contributed by atoms with E-state index in [1.165, 1.54) is 12.1 Å². The average molecular weight is 276 g/mol. The van der Waals surface area contributed by atoms with E-state index in [0.717, 1.165) is 38.8 Å². The number of unbranched alkanes of at least 4 members (excludes halogenated alkanes) is 2. The van der Waals surface area contributed by atoms with Crippen LogP contribution in [-0.4, -0.2) is 35.7 Å². The number of hydrogen-bond donors (Lipinski definition) is 2. The lowest BCUT2D eigenvalue weighted by atomic mass is 10.1. The predicted molar refractivity (Wildman–Crippen MR) is 84.5 cm³/mol. The molecule has 4 heteroatoms. The second-order valence-electron chi connectivity index (χ2n) is 4.75. The number of nitrogens with zero attached hydrogens (tertiary/aromatic N) is 2. The van der Waals surface area contributed by atoms with Crippen LogP contribution in [0.4, 0.5) is 0 Å². The van der Waals surface area contributed by atoms with E-state index in [9.17, 15) is 10.2 Å². The predicted octanol–water partition coefficient (Wildman–Crippen LogP) is 3.54. The zero-order chi connectivity index (χ0) is 14.8. The molecule has 0 aliphatic carbocycles. The molecule has 0 bridgehead atoms. The maximum Gasteiger partial charge on any atom is 0.125 e. The minimum absolute atomic E-state index is 0.111. The van der Waals surface area contributed by atoms with Crippen LogP contribution in [0.2, 0.25) is 0 Å². The van der Waals surface area contributed by atoms with Crippen molar-refractivity contribution < 1.29 is 10.2 Å². The highest BCUT2D eigenvalue weighted by atomic mass is 16.3. The van der Waals surface area contributed by atoms with Crippen LogP contribution in [0, 0.1) is 0 Å². The molecule has 0 unspecified atom stereocenters. The van der Waals surface area contributed by atoms with Gasteiger partial charge in [0.15, 0.2) is 0 Å². The highest BCUT2D eigenvalue weighted by molar-refractivity contribution is 5.90. The summed E-state index contributed by atoms with van der Waals surface area (Å²) in [6, 6.07) is 3.04. The number of hydrogen-bond acceptors (Lipinski definition) is 4. The fraction of sp³-hybridized carbons (Fsp3) is 0.500. The Bertz CT molecular complexity index is 424. The summed E-state index contributed by atoms with van der Waals surface area (Å²) in [5.41, 5.74) is 1.06. The van der Waals surface area contributed by atoms with E-state index in [2.05, 4.69) is 23.8 Å². The van der Waals surface area contributed by atoms with Crippen LogP contribution in [0.15, 0.2) is 22.1 Å². The highest BCUT2D eigenvalue weighted by Crippen LogP contribution is 2.25. The van der Waals surface area contributed by atoms with Crippen molar-refractivity contribution in [1.82, 2.24) is 0 Å². The summed E-state index contributed by atoms with van der Waals surface area (Å²) in [5, 5.41) is 19.8. The number of phenols is 2. The summed E-state index contributed by atoms with van der Waals surface area (Å²) in [6.07, 6.45) is 7.41. The van der Waals surface area contributed by atoms with E-state index in [4.69, 9.17) is 0 Å². The van der Waals surface area contributed by atoms with Crippen LogP contribution in [-0.2, 0) is 0 Å². The van der Waals surface area contributed by atoms with Gasteiger partial charge in [0.1, 0.15) is 11.5 Å². The molecule has 2 N–H and O–H groups in total. The third-order valence-corrected chi connectivity index (χ3v) is 2.92. The summed E-state index contributed by atoms with van der Waals surface area (Å²) in [6.45, 7) is 5.67.